The van der Waals surface area contributed by atoms with Gasteiger partial charge in [0.15, 0.2) is 11.5 Å². The summed E-state index contributed by atoms with van der Waals surface area (Å²) in [7, 11) is 3.20. The lowest BCUT2D eigenvalue weighted by molar-refractivity contribution is -0.121. The number of rotatable bonds is 10. The normalized spacial score (nSPS) is 10.2. The summed E-state index contributed by atoms with van der Waals surface area (Å²) in [4.78, 5) is 24.3. The molecule has 2 N–H and O–H groups in total. The van der Waals surface area contributed by atoms with Crippen LogP contribution in [-0.4, -0.2) is 39.1 Å². The van der Waals surface area contributed by atoms with Gasteiger partial charge in [-0.05, 0) is 42.0 Å². The van der Waals surface area contributed by atoms with Gasteiger partial charge in [0.05, 0.1) is 19.1 Å². The first-order valence-corrected chi connectivity index (χ1v) is 9.31. The number of hydrogen-bond donors (Lipinski definition) is 2. The maximum Gasteiger partial charge on any atom is 0.261 e. The van der Waals surface area contributed by atoms with Crippen LogP contribution in [0.15, 0.2) is 35.7 Å². The average Bonchev–Trinajstić information content (AvgIpc) is 3.19. The average molecular weight is 376 g/mol. The smallest absolute Gasteiger partial charge is 0.261 e. The monoisotopic (exact) mass is 376 g/mol. The highest BCUT2D eigenvalue weighted by Crippen LogP contribution is 2.27. The van der Waals surface area contributed by atoms with Crippen LogP contribution in [0.5, 0.6) is 11.5 Å². The number of amides is 2. The number of nitrogens with one attached hydrogen (secondary N) is 2. The molecular formula is C19H24N2O4S. The Morgan fingerprint density at radius 1 is 1.04 bits per heavy atom. The van der Waals surface area contributed by atoms with Crippen LogP contribution in [0.4, 0.5) is 0 Å². The van der Waals surface area contributed by atoms with Crippen molar-refractivity contribution in [3.8, 4) is 11.5 Å². The SMILES string of the molecule is COc1ccc(CCNC(=O)CCCNC(=O)c2cccs2)cc1OC. The summed E-state index contributed by atoms with van der Waals surface area (Å²) in [6, 6.07) is 9.33. The van der Waals surface area contributed by atoms with Crippen LogP contribution in [0.3, 0.4) is 0 Å². The number of benzene rings is 1. The molecule has 2 amide bonds. The molecule has 2 rings (SSSR count). The van der Waals surface area contributed by atoms with E-state index in [1.807, 2.05) is 29.6 Å². The molecule has 1 aromatic carbocycles. The van der Waals surface area contributed by atoms with Gasteiger partial charge < -0.3 is 20.1 Å². The molecule has 0 aliphatic carbocycles. The van der Waals surface area contributed by atoms with E-state index in [1.54, 1.807) is 20.3 Å². The van der Waals surface area contributed by atoms with Gasteiger partial charge in [0.2, 0.25) is 5.91 Å². The first-order valence-electron chi connectivity index (χ1n) is 8.43. The van der Waals surface area contributed by atoms with Crippen molar-refractivity contribution in [1.29, 1.82) is 0 Å². The lowest BCUT2D eigenvalue weighted by Crippen LogP contribution is -2.28. The van der Waals surface area contributed by atoms with Crippen molar-refractivity contribution in [2.24, 2.45) is 0 Å². The molecule has 0 saturated carbocycles. The first-order chi connectivity index (χ1) is 12.6. The standard InChI is InChI=1S/C19H24N2O4S/c1-24-15-8-7-14(13-16(15)25-2)9-11-20-18(22)6-3-10-21-19(23)17-5-4-12-26-17/h4-5,7-8,12-13H,3,6,9-11H2,1-2H3,(H,20,22)(H,21,23). The molecule has 2 aromatic rings. The fourth-order valence-corrected chi connectivity index (χ4v) is 3.06. The Hall–Kier alpha value is -2.54. The summed E-state index contributed by atoms with van der Waals surface area (Å²) in [5.74, 6) is 1.26. The minimum absolute atomic E-state index is 0.0177. The lowest BCUT2D eigenvalue weighted by atomic mass is 10.1. The van der Waals surface area contributed by atoms with Crippen LogP contribution in [0.2, 0.25) is 0 Å². The zero-order chi connectivity index (χ0) is 18.8. The molecule has 140 valence electrons. The van der Waals surface area contributed by atoms with Crippen LogP contribution in [0.25, 0.3) is 0 Å². The topological polar surface area (TPSA) is 76.7 Å². The highest BCUT2D eigenvalue weighted by molar-refractivity contribution is 7.12. The van der Waals surface area contributed by atoms with E-state index in [0.29, 0.717) is 48.7 Å². The first kappa shape index (κ1) is 19.8. The number of hydrogen-bond acceptors (Lipinski definition) is 5. The second-order valence-corrected chi connectivity index (χ2v) is 6.57. The largest absolute Gasteiger partial charge is 0.493 e. The Balaban J connectivity index is 1.62. The Labute approximate surface area is 157 Å². The minimum atomic E-state index is -0.0890. The fourth-order valence-electron chi connectivity index (χ4n) is 2.42. The van der Waals surface area contributed by atoms with Crippen LogP contribution in [-0.2, 0) is 11.2 Å². The Morgan fingerprint density at radius 2 is 1.85 bits per heavy atom. The molecule has 0 aliphatic rings. The minimum Gasteiger partial charge on any atom is -0.493 e. The summed E-state index contributed by atoms with van der Waals surface area (Å²) < 4.78 is 10.5. The number of carbonyl (C=O) groups is 2. The zero-order valence-electron chi connectivity index (χ0n) is 15.0. The molecular weight excluding hydrogens is 352 g/mol. The molecule has 0 aliphatic heterocycles. The summed E-state index contributed by atoms with van der Waals surface area (Å²) >= 11 is 1.40. The summed E-state index contributed by atoms with van der Waals surface area (Å²) in [5.41, 5.74) is 1.06. The summed E-state index contributed by atoms with van der Waals surface area (Å²) in [5, 5.41) is 7.56. The van der Waals surface area contributed by atoms with Crippen LogP contribution < -0.4 is 20.1 Å². The molecule has 26 heavy (non-hydrogen) atoms. The van der Waals surface area contributed by atoms with Crippen LogP contribution in [0, 0.1) is 0 Å². The van der Waals surface area contributed by atoms with E-state index < -0.39 is 0 Å². The van der Waals surface area contributed by atoms with Gasteiger partial charge >= 0.3 is 0 Å². The number of methoxy groups -OCH3 is 2. The highest BCUT2D eigenvalue weighted by atomic mass is 32.1. The van der Waals surface area contributed by atoms with E-state index in [-0.39, 0.29) is 11.8 Å². The molecule has 0 spiro atoms. The Morgan fingerprint density at radius 3 is 2.54 bits per heavy atom. The van der Waals surface area contributed by atoms with Crippen molar-refractivity contribution in [3.05, 3.63) is 46.2 Å². The van der Waals surface area contributed by atoms with Gasteiger partial charge in [0.1, 0.15) is 0 Å². The zero-order valence-corrected chi connectivity index (χ0v) is 15.9. The van der Waals surface area contributed by atoms with Crippen molar-refractivity contribution in [2.75, 3.05) is 27.3 Å². The van der Waals surface area contributed by atoms with E-state index >= 15 is 0 Å². The molecule has 0 atom stereocenters. The van der Waals surface area contributed by atoms with Crippen molar-refractivity contribution in [2.45, 2.75) is 19.3 Å². The highest BCUT2D eigenvalue weighted by Gasteiger charge is 2.07. The maximum atomic E-state index is 11.9. The predicted octanol–water partition coefficient (Wildman–Crippen LogP) is 2.63. The molecule has 0 saturated heterocycles. The van der Waals surface area contributed by atoms with Gasteiger partial charge in [-0.2, -0.15) is 0 Å². The van der Waals surface area contributed by atoms with E-state index in [0.717, 1.165) is 5.56 Å². The van der Waals surface area contributed by atoms with Gasteiger partial charge in [-0.15, -0.1) is 11.3 Å². The molecule has 0 unspecified atom stereocenters. The van der Waals surface area contributed by atoms with Crippen molar-refractivity contribution in [1.82, 2.24) is 10.6 Å². The predicted molar refractivity (Wildman–Crippen MR) is 102 cm³/mol. The second kappa shape index (κ2) is 10.5. The van der Waals surface area contributed by atoms with Crippen molar-refractivity contribution in [3.63, 3.8) is 0 Å². The number of thiophene rings is 1. The van der Waals surface area contributed by atoms with Gasteiger partial charge in [-0.1, -0.05) is 12.1 Å². The number of carbonyl (C=O) groups excluding carboxylic acids is 2. The maximum absolute atomic E-state index is 11.9. The molecule has 1 heterocycles. The quantitative estimate of drug-likeness (QED) is 0.625. The molecule has 0 bridgehead atoms. The van der Waals surface area contributed by atoms with Gasteiger partial charge in [-0.25, -0.2) is 0 Å². The lowest BCUT2D eigenvalue weighted by Gasteiger charge is -2.10. The number of ether oxygens (including phenoxy) is 2. The third-order valence-corrected chi connectivity index (χ3v) is 4.66. The molecule has 0 radical (unpaired) electrons. The van der Waals surface area contributed by atoms with Gasteiger partial charge in [0, 0.05) is 19.5 Å². The Bertz CT molecular complexity index is 716. The molecule has 1 aromatic heterocycles. The van der Waals surface area contributed by atoms with E-state index in [4.69, 9.17) is 9.47 Å². The van der Waals surface area contributed by atoms with Crippen molar-refractivity contribution >= 4 is 23.2 Å². The van der Waals surface area contributed by atoms with Crippen LogP contribution >= 0.6 is 11.3 Å². The van der Waals surface area contributed by atoms with Gasteiger partial charge in [-0.3, -0.25) is 9.59 Å². The third-order valence-electron chi connectivity index (χ3n) is 3.79. The summed E-state index contributed by atoms with van der Waals surface area (Å²) in [6.45, 7) is 1.04. The fraction of sp³-hybridized carbons (Fsp3) is 0.368. The summed E-state index contributed by atoms with van der Waals surface area (Å²) in [6.07, 6.45) is 1.71. The van der Waals surface area contributed by atoms with Crippen molar-refractivity contribution < 1.29 is 19.1 Å². The van der Waals surface area contributed by atoms with Crippen LogP contribution in [0.1, 0.15) is 28.1 Å². The van der Waals surface area contributed by atoms with E-state index in [1.165, 1.54) is 11.3 Å². The molecule has 6 nitrogen and oxygen atoms in total. The molecule has 0 fully saturated rings. The van der Waals surface area contributed by atoms with Gasteiger partial charge in [0.25, 0.3) is 5.91 Å². The third kappa shape index (κ3) is 6.07. The van der Waals surface area contributed by atoms with E-state index in [9.17, 15) is 9.59 Å². The second-order valence-electron chi connectivity index (χ2n) is 5.63. The Kier molecular flexibility index (Phi) is 7.95. The molecule has 7 heteroatoms. The van der Waals surface area contributed by atoms with E-state index in [2.05, 4.69) is 10.6 Å².